The van der Waals surface area contributed by atoms with Crippen molar-refractivity contribution in [1.29, 1.82) is 0 Å². The van der Waals surface area contributed by atoms with Gasteiger partial charge in [-0.3, -0.25) is 9.59 Å². The van der Waals surface area contributed by atoms with Gasteiger partial charge in [-0.25, -0.2) is 4.79 Å². The minimum absolute atomic E-state index is 0.0834. The highest BCUT2D eigenvalue weighted by atomic mass is 16.6. The van der Waals surface area contributed by atoms with E-state index in [1.165, 1.54) is 18.9 Å². The Morgan fingerprint density at radius 2 is 1.87 bits per heavy atom. The Morgan fingerprint density at radius 1 is 1.11 bits per heavy atom. The summed E-state index contributed by atoms with van der Waals surface area (Å²) in [7, 11) is 0. The smallest absolute Gasteiger partial charge is 0.326 e. The summed E-state index contributed by atoms with van der Waals surface area (Å²) < 4.78 is 0. The van der Waals surface area contributed by atoms with Gasteiger partial charge in [0.1, 0.15) is 12.1 Å². The topological polar surface area (TPSA) is 137 Å². The molecule has 0 aromatic heterocycles. The van der Waals surface area contributed by atoms with Gasteiger partial charge in [0.05, 0.1) is 11.8 Å². The number of aliphatic hydroxyl groups is 1. The lowest BCUT2D eigenvalue weighted by molar-refractivity contribution is -0.142. The first-order valence-electron chi connectivity index (χ1n) is 14.4. The van der Waals surface area contributed by atoms with Crippen molar-refractivity contribution >= 4 is 23.5 Å². The SMILES string of the molecule is CCC[C@@H](NC(=O)[C@H](C)NC(=O)CO/N=C1\C=C2CC[C@H]3[C@@H]4CC[C@@H](O)[C@@]4(C)CC[C@@H]3[C@@]2(C)CC1)C(=O)O. The quantitative estimate of drug-likeness (QED) is 0.336. The van der Waals surface area contributed by atoms with E-state index in [1.54, 1.807) is 0 Å². The van der Waals surface area contributed by atoms with Crippen molar-refractivity contribution in [3.63, 3.8) is 0 Å². The molecular weight excluding hydrogens is 486 g/mol. The summed E-state index contributed by atoms with van der Waals surface area (Å²) in [6.45, 7) is 7.76. The monoisotopic (exact) mass is 531 g/mol. The zero-order valence-corrected chi connectivity index (χ0v) is 23.3. The summed E-state index contributed by atoms with van der Waals surface area (Å²) >= 11 is 0. The molecule has 0 saturated heterocycles. The fourth-order valence-corrected chi connectivity index (χ4v) is 7.98. The zero-order chi connectivity index (χ0) is 27.7. The Hall–Kier alpha value is -2.42. The lowest BCUT2D eigenvalue weighted by atomic mass is 9.47. The zero-order valence-electron chi connectivity index (χ0n) is 23.3. The molecular formula is C29H45N3O6. The molecule has 0 bridgehead atoms. The van der Waals surface area contributed by atoms with E-state index in [9.17, 15) is 24.6 Å². The summed E-state index contributed by atoms with van der Waals surface area (Å²) in [6, 6.07) is -1.86. The molecule has 9 heteroatoms. The molecule has 0 spiro atoms. The first-order valence-corrected chi connectivity index (χ1v) is 14.4. The summed E-state index contributed by atoms with van der Waals surface area (Å²) in [4.78, 5) is 41.2. The summed E-state index contributed by atoms with van der Waals surface area (Å²) in [5.41, 5.74) is 2.52. The summed E-state index contributed by atoms with van der Waals surface area (Å²) in [6.07, 6.45) is 11.3. The van der Waals surface area contributed by atoms with Crippen molar-refractivity contribution < 1.29 is 29.4 Å². The number of hydrogen-bond donors (Lipinski definition) is 4. The van der Waals surface area contributed by atoms with Crippen LogP contribution in [0.1, 0.15) is 91.9 Å². The first-order chi connectivity index (χ1) is 18.0. The number of fused-ring (bicyclic) bond motifs is 5. The molecule has 4 aliphatic carbocycles. The number of rotatable bonds is 9. The Bertz CT molecular complexity index is 995. The number of oxime groups is 1. The van der Waals surface area contributed by atoms with Gasteiger partial charge in [0.15, 0.2) is 6.61 Å². The van der Waals surface area contributed by atoms with Crippen LogP contribution in [0, 0.1) is 28.6 Å². The second kappa shape index (κ2) is 11.4. The van der Waals surface area contributed by atoms with Crippen LogP contribution in [-0.4, -0.2) is 58.5 Å². The molecule has 2 amide bonds. The van der Waals surface area contributed by atoms with Gasteiger partial charge >= 0.3 is 5.97 Å². The average molecular weight is 532 g/mol. The highest BCUT2D eigenvalue weighted by Gasteiger charge is 2.58. The number of hydrogen-bond acceptors (Lipinski definition) is 6. The van der Waals surface area contributed by atoms with Crippen LogP contribution in [-0.2, 0) is 19.2 Å². The third kappa shape index (κ3) is 5.49. The Morgan fingerprint density at radius 3 is 2.58 bits per heavy atom. The molecule has 212 valence electrons. The van der Waals surface area contributed by atoms with Crippen molar-refractivity contribution in [3.8, 4) is 0 Å². The molecule has 0 aliphatic heterocycles. The largest absolute Gasteiger partial charge is 0.480 e. The molecule has 0 aromatic rings. The van der Waals surface area contributed by atoms with Crippen LogP contribution < -0.4 is 10.6 Å². The van der Waals surface area contributed by atoms with E-state index in [2.05, 4.69) is 35.7 Å². The number of amides is 2. The highest BCUT2D eigenvalue weighted by Crippen LogP contribution is 2.65. The normalized spacial score (nSPS) is 36.7. The van der Waals surface area contributed by atoms with Crippen LogP contribution >= 0.6 is 0 Å². The van der Waals surface area contributed by atoms with E-state index < -0.39 is 29.9 Å². The maximum Gasteiger partial charge on any atom is 0.326 e. The fourth-order valence-electron chi connectivity index (χ4n) is 7.98. The van der Waals surface area contributed by atoms with Gasteiger partial charge in [-0.05, 0) is 99.4 Å². The maximum atomic E-state index is 12.3. The molecule has 0 aromatic carbocycles. The molecule has 4 aliphatic rings. The predicted molar refractivity (Wildman–Crippen MR) is 143 cm³/mol. The molecule has 0 heterocycles. The number of nitrogens with zero attached hydrogens (tertiary/aromatic N) is 1. The molecule has 4 rings (SSSR count). The molecule has 0 radical (unpaired) electrons. The van der Waals surface area contributed by atoms with Gasteiger partial charge in [-0.15, -0.1) is 0 Å². The van der Waals surface area contributed by atoms with Crippen LogP contribution in [0.4, 0.5) is 0 Å². The Kier molecular flexibility index (Phi) is 8.55. The molecule has 3 saturated carbocycles. The summed E-state index contributed by atoms with van der Waals surface area (Å²) in [5.74, 6) is -0.186. The minimum atomic E-state index is -1.09. The van der Waals surface area contributed by atoms with Gasteiger partial charge in [0.25, 0.3) is 5.91 Å². The van der Waals surface area contributed by atoms with E-state index in [1.807, 2.05) is 6.92 Å². The van der Waals surface area contributed by atoms with E-state index in [0.717, 1.165) is 50.7 Å². The van der Waals surface area contributed by atoms with Gasteiger partial charge < -0.3 is 25.7 Å². The van der Waals surface area contributed by atoms with Gasteiger partial charge in [0.2, 0.25) is 5.91 Å². The van der Waals surface area contributed by atoms with Crippen molar-refractivity contribution in [2.24, 2.45) is 33.7 Å². The Balaban J connectivity index is 1.30. The van der Waals surface area contributed by atoms with Crippen LogP contribution in [0.5, 0.6) is 0 Å². The molecule has 8 atom stereocenters. The van der Waals surface area contributed by atoms with Crippen molar-refractivity contribution in [2.45, 2.75) is 110 Å². The Labute approximate surface area is 225 Å². The van der Waals surface area contributed by atoms with Crippen LogP contribution in [0.2, 0.25) is 0 Å². The molecule has 9 nitrogen and oxygen atoms in total. The second-order valence-corrected chi connectivity index (χ2v) is 12.5. The fraction of sp³-hybridized carbons (Fsp3) is 0.793. The van der Waals surface area contributed by atoms with E-state index in [4.69, 9.17) is 4.84 Å². The number of aliphatic carboxylic acids is 1. The van der Waals surface area contributed by atoms with Gasteiger partial charge in [-0.2, -0.15) is 0 Å². The van der Waals surface area contributed by atoms with E-state index >= 15 is 0 Å². The second-order valence-electron chi connectivity index (χ2n) is 12.5. The lowest BCUT2D eigenvalue weighted by Gasteiger charge is -2.57. The number of carboxylic acid groups (broad SMARTS) is 1. The molecule has 0 unspecified atom stereocenters. The van der Waals surface area contributed by atoms with Crippen molar-refractivity contribution in [1.82, 2.24) is 10.6 Å². The van der Waals surface area contributed by atoms with E-state index in [-0.39, 0.29) is 23.5 Å². The number of carbonyl (C=O) groups is 3. The van der Waals surface area contributed by atoms with Gasteiger partial charge in [-0.1, -0.05) is 37.9 Å². The van der Waals surface area contributed by atoms with Gasteiger partial charge in [0, 0.05) is 0 Å². The molecule has 4 N–H and O–H groups in total. The number of allylic oxidation sites excluding steroid dienone is 2. The lowest BCUT2D eigenvalue weighted by Crippen LogP contribution is -2.51. The standard InChI is InChI=1S/C29H45N3O6/c1-5-6-23(27(36)37)31-26(35)17(2)30-25(34)16-38-32-19-11-13-28(3)18(15-19)7-8-20-21-9-10-24(33)29(21,4)14-12-22(20)28/h15,17,20-24,33H,5-14,16H2,1-4H3,(H,30,34)(H,31,35)(H,36,37)/b32-19-/t17-,20-,21-,22-,23+,24+,28-,29-/m0/s1. The average Bonchev–Trinajstić information content (AvgIpc) is 3.18. The summed E-state index contributed by atoms with van der Waals surface area (Å²) in [5, 5.41) is 29.1. The van der Waals surface area contributed by atoms with Crippen molar-refractivity contribution in [2.75, 3.05) is 6.61 Å². The third-order valence-corrected chi connectivity index (χ3v) is 10.3. The highest BCUT2D eigenvalue weighted by molar-refractivity contribution is 5.96. The predicted octanol–water partition coefficient (Wildman–Crippen LogP) is 3.56. The maximum absolute atomic E-state index is 12.3. The van der Waals surface area contributed by atoms with Crippen LogP contribution in [0.25, 0.3) is 0 Å². The number of nitrogens with one attached hydrogen (secondary N) is 2. The first kappa shape index (κ1) is 28.6. The number of carbonyl (C=O) groups excluding carboxylic acids is 2. The van der Waals surface area contributed by atoms with Crippen LogP contribution in [0.15, 0.2) is 16.8 Å². The molecule has 38 heavy (non-hydrogen) atoms. The third-order valence-electron chi connectivity index (χ3n) is 10.3. The number of carboxylic acids is 1. The molecule has 3 fully saturated rings. The number of aliphatic hydroxyl groups excluding tert-OH is 1. The van der Waals surface area contributed by atoms with Crippen molar-refractivity contribution in [3.05, 3.63) is 11.6 Å². The van der Waals surface area contributed by atoms with Crippen LogP contribution in [0.3, 0.4) is 0 Å². The van der Waals surface area contributed by atoms with E-state index in [0.29, 0.717) is 30.6 Å². The minimum Gasteiger partial charge on any atom is -0.480 e.